The quantitative estimate of drug-likeness (QED) is 0.329. The standard InChI is InChI=1S/C26H22F4N6O3/c1-35-12-16(10-33-35)13-4-15(9-31)21-18(5-13)34-36(2)23(21)14-6-19(38-3)22(20(7-14)39-25(27)28)24(37)32-11-17-8-26(17,29)30/h4-7,10,12,17,25H,8,11H2,1-3H3,(H,32,37)/t17-/m1/s1. The molecule has 4 aromatic rings. The largest absolute Gasteiger partial charge is 0.496 e. The molecule has 9 nitrogen and oxygen atoms in total. The molecule has 2 heterocycles. The molecule has 1 aliphatic carbocycles. The van der Waals surface area contributed by atoms with Gasteiger partial charge in [0, 0.05) is 55.7 Å². The molecule has 0 unspecified atom stereocenters. The Hall–Kier alpha value is -4.60. The number of fused-ring (bicyclic) bond motifs is 1. The zero-order valence-electron chi connectivity index (χ0n) is 21.0. The molecule has 1 aliphatic rings. The number of hydrogen-bond donors (Lipinski definition) is 1. The molecule has 39 heavy (non-hydrogen) atoms. The zero-order valence-corrected chi connectivity index (χ0v) is 21.0. The van der Waals surface area contributed by atoms with Crippen LogP contribution in [0.5, 0.6) is 11.5 Å². The van der Waals surface area contributed by atoms with Crippen molar-refractivity contribution in [2.75, 3.05) is 13.7 Å². The number of carbonyl (C=O) groups excluding carboxylic acids is 1. The molecule has 202 valence electrons. The van der Waals surface area contributed by atoms with Gasteiger partial charge in [0.05, 0.1) is 36.1 Å². The summed E-state index contributed by atoms with van der Waals surface area (Å²) in [6.07, 6.45) is 3.08. The number of nitriles is 1. The summed E-state index contributed by atoms with van der Waals surface area (Å²) in [5.74, 6) is -5.42. The van der Waals surface area contributed by atoms with E-state index in [1.165, 1.54) is 23.9 Å². The van der Waals surface area contributed by atoms with Crippen LogP contribution in [-0.4, -0.2) is 51.7 Å². The second-order valence-electron chi connectivity index (χ2n) is 9.21. The van der Waals surface area contributed by atoms with Gasteiger partial charge in [-0.15, -0.1) is 0 Å². The van der Waals surface area contributed by atoms with Gasteiger partial charge in [-0.05, 0) is 29.8 Å². The number of carbonyl (C=O) groups is 1. The maximum atomic E-state index is 13.4. The second-order valence-corrected chi connectivity index (χ2v) is 9.21. The van der Waals surface area contributed by atoms with Crippen LogP contribution in [0.4, 0.5) is 17.6 Å². The summed E-state index contributed by atoms with van der Waals surface area (Å²) in [4.78, 5) is 12.9. The summed E-state index contributed by atoms with van der Waals surface area (Å²) in [6.45, 7) is -3.62. The van der Waals surface area contributed by atoms with Gasteiger partial charge in [0.2, 0.25) is 0 Å². The molecule has 0 spiro atoms. The van der Waals surface area contributed by atoms with E-state index in [1.807, 2.05) is 0 Å². The molecule has 1 N–H and O–H groups in total. The highest BCUT2D eigenvalue weighted by molar-refractivity contribution is 6.03. The van der Waals surface area contributed by atoms with E-state index in [0.717, 1.165) is 5.56 Å². The normalized spacial score (nSPS) is 15.8. The molecule has 13 heteroatoms. The molecule has 5 rings (SSSR count). The van der Waals surface area contributed by atoms with E-state index in [-0.39, 0.29) is 35.4 Å². The number of ether oxygens (including phenoxy) is 2. The molecule has 1 saturated carbocycles. The van der Waals surface area contributed by atoms with Crippen LogP contribution in [0.25, 0.3) is 33.3 Å². The molecule has 0 aliphatic heterocycles. The van der Waals surface area contributed by atoms with E-state index >= 15 is 0 Å². The minimum atomic E-state index is -3.29. The molecule has 1 atom stereocenters. The van der Waals surface area contributed by atoms with Crippen molar-refractivity contribution in [1.82, 2.24) is 24.9 Å². The van der Waals surface area contributed by atoms with E-state index in [1.54, 1.807) is 43.3 Å². The number of aryl methyl sites for hydroxylation is 2. The fourth-order valence-corrected chi connectivity index (χ4v) is 4.58. The highest BCUT2D eigenvalue weighted by Crippen LogP contribution is 2.48. The number of nitrogens with one attached hydrogen (secondary N) is 1. The fourth-order valence-electron chi connectivity index (χ4n) is 4.58. The lowest BCUT2D eigenvalue weighted by Gasteiger charge is -2.17. The Balaban J connectivity index is 1.62. The summed E-state index contributed by atoms with van der Waals surface area (Å²) >= 11 is 0. The van der Waals surface area contributed by atoms with Crippen molar-refractivity contribution in [2.45, 2.75) is 19.0 Å². The Morgan fingerprint density at radius 2 is 1.92 bits per heavy atom. The van der Waals surface area contributed by atoms with Crippen molar-refractivity contribution >= 4 is 16.8 Å². The van der Waals surface area contributed by atoms with Crippen molar-refractivity contribution in [3.63, 3.8) is 0 Å². The van der Waals surface area contributed by atoms with Gasteiger partial charge >= 0.3 is 6.61 Å². The van der Waals surface area contributed by atoms with Gasteiger partial charge < -0.3 is 14.8 Å². The van der Waals surface area contributed by atoms with Gasteiger partial charge in [0.15, 0.2) is 0 Å². The first kappa shape index (κ1) is 26.0. The number of alkyl halides is 4. The van der Waals surface area contributed by atoms with Crippen LogP contribution in [0, 0.1) is 17.2 Å². The maximum absolute atomic E-state index is 13.4. The molecular formula is C26H22F4N6O3. The smallest absolute Gasteiger partial charge is 0.387 e. The Morgan fingerprint density at radius 3 is 2.51 bits per heavy atom. The molecule has 1 amide bonds. The lowest BCUT2D eigenvalue weighted by atomic mass is 9.97. The number of aromatic nitrogens is 4. The molecule has 0 saturated heterocycles. The average molecular weight is 542 g/mol. The van der Waals surface area contributed by atoms with Crippen molar-refractivity contribution in [2.24, 2.45) is 20.0 Å². The van der Waals surface area contributed by atoms with Crippen molar-refractivity contribution in [1.29, 1.82) is 5.26 Å². The number of methoxy groups -OCH3 is 1. The molecule has 2 aromatic heterocycles. The summed E-state index contributed by atoms with van der Waals surface area (Å²) < 4.78 is 66.5. The number of amides is 1. The Kier molecular flexibility index (Phi) is 6.41. The first-order valence-electron chi connectivity index (χ1n) is 11.8. The van der Waals surface area contributed by atoms with Crippen LogP contribution in [-0.2, 0) is 14.1 Å². The lowest BCUT2D eigenvalue weighted by molar-refractivity contribution is -0.0502. The van der Waals surface area contributed by atoms with Crippen LogP contribution in [0.1, 0.15) is 22.3 Å². The minimum absolute atomic E-state index is 0.122. The van der Waals surface area contributed by atoms with E-state index in [2.05, 4.69) is 26.3 Å². The highest BCUT2D eigenvalue weighted by atomic mass is 19.3. The number of halogens is 4. The van der Waals surface area contributed by atoms with Crippen LogP contribution in [0.2, 0.25) is 0 Å². The summed E-state index contributed by atoms with van der Waals surface area (Å²) in [7, 11) is 4.62. The first-order valence-corrected chi connectivity index (χ1v) is 11.8. The Bertz CT molecular complexity index is 1640. The third-order valence-corrected chi connectivity index (χ3v) is 6.56. The number of hydrogen-bond acceptors (Lipinski definition) is 6. The second kappa shape index (κ2) is 9.61. The summed E-state index contributed by atoms with van der Waals surface area (Å²) in [6, 6.07) is 8.25. The van der Waals surface area contributed by atoms with Gasteiger partial charge in [-0.3, -0.25) is 14.2 Å². The monoisotopic (exact) mass is 542 g/mol. The molecule has 0 bridgehead atoms. The molecule has 1 fully saturated rings. The Labute approximate surface area is 219 Å². The topological polar surface area (TPSA) is 107 Å². The number of nitrogens with zero attached hydrogens (tertiary/aromatic N) is 5. The van der Waals surface area contributed by atoms with E-state index in [0.29, 0.717) is 22.2 Å². The number of rotatable bonds is 8. The maximum Gasteiger partial charge on any atom is 0.387 e. The predicted molar refractivity (Wildman–Crippen MR) is 132 cm³/mol. The van der Waals surface area contributed by atoms with Crippen molar-refractivity contribution < 1.29 is 31.8 Å². The molecule has 0 radical (unpaired) electrons. The number of benzene rings is 2. The Morgan fingerprint density at radius 1 is 1.21 bits per heavy atom. The predicted octanol–water partition coefficient (Wildman–Crippen LogP) is 4.51. The van der Waals surface area contributed by atoms with E-state index < -0.39 is 30.1 Å². The summed E-state index contributed by atoms with van der Waals surface area (Å²) in [5.41, 5.74) is 2.53. The zero-order chi connectivity index (χ0) is 28.1. The van der Waals surface area contributed by atoms with Crippen molar-refractivity contribution in [3.8, 4) is 40.0 Å². The highest BCUT2D eigenvalue weighted by Gasteiger charge is 2.56. The van der Waals surface area contributed by atoms with Gasteiger partial charge in [-0.25, -0.2) is 8.78 Å². The van der Waals surface area contributed by atoms with Crippen molar-refractivity contribution in [3.05, 3.63) is 47.8 Å². The minimum Gasteiger partial charge on any atom is -0.496 e. The van der Waals surface area contributed by atoms with Gasteiger partial charge in [0.25, 0.3) is 11.8 Å². The van der Waals surface area contributed by atoms with Crippen LogP contribution >= 0.6 is 0 Å². The van der Waals surface area contributed by atoms with Crippen LogP contribution < -0.4 is 14.8 Å². The third kappa shape index (κ3) is 4.85. The molecule has 2 aromatic carbocycles. The van der Waals surface area contributed by atoms with E-state index in [9.17, 15) is 27.6 Å². The van der Waals surface area contributed by atoms with Gasteiger partial charge in [-0.2, -0.15) is 24.2 Å². The molecular weight excluding hydrogens is 520 g/mol. The first-order chi connectivity index (χ1) is 18.5. The van der Waals surface area contributed by atoms with Gasteiger partial charge in [-0.1, -0.05) is 0 Å². The lowest BCUT2D eigenvalue weighted by Crippen LogP contribution is -2.28. The van der Waals surface area contributed by atoms with Crippen LogP contribution in [0.15, 0.2) is 36.7 Å². The SMILES string of the molecule is COc1cc(-c2c3c(C#N)cc(-c4cnn(C)c4)cc3nn2C)cc(OC(F)F)c1C(=O)NC[C@H]1CC1(F)F. The average Bonchev–Trinajstić information content (AvgIpc) is 3.16. The van der Waals surface area contributed by atoms with Gasteiger partial charge in [0.1, 0.15) is 17.1 Å². The third-order valence-electron chi connectivity index (χ3n) is 6.56. The van der Waals surface area contributed by atoms with Crippen LogP contribution in [0.3, 0.4) is 0 Å². The summed E-state index contributed by atoms with van der Waals surface area (Å²) in [5, 5.41) is 21.4. The fraction of sp³-hybridized carbons (Fsp3) is 0.308. The van der Waals surface area contributed by atoms with E-state index in [4.69, 9.17) is 4.74 Å².